The maximum Gasteiger partial charge on any atom is 0.416 e. The van der Waals surface area contributed by atoms with Gasteiger partial charge in [-0.25, -0.2) is 4.39 Å². The van der Waals surface area contributed by atoms with E-state index in [-0.39, 0.29) is 4.88 Å². The topological polar surface area (TPSA) is 29.1 Å². The fourth-order valence-corrected chi connectivity index (χ4v) is 2.70. The highest BCUT2D eigenvalue weighted by Crippen LogP contribution is 2.32. The second-order valence-corrected chi connectivity index (χ2v) is 6.21. The van der Waals surface area contributed by atoms with Crippen molar-refractivity contribution in [3.63, 3.8) is 0 Å². The van der Waals surface area contributed by atoms with Gasteiger partial charge in [-0.1, -0.05) is 0 Å². The molecule has 0 fully saturated rings. The first-order valence-corrected chi connectivity index (χ1v) is 6.82. The van der Waals surface area contributed by atoms with E-state index in [1.165, 1.54) is 6.07 Å². The molecule has 0 aliphatic rings. The van der Waals surface area contributed by atoms with Crippen molar-refractivity contribution in [1.82, 2.24) is 0 Å². The molecule has 1 amide bonds. The molecule has 20 heavy (non-hydrogen) atoms. The van der Waals surface area contributed by atoms with Crippen LogP contribution in [-0.2, 0) is 6.18 Å². The number of benzene rings is 1. The third-order valence-electron chi connectivity index (χ3n) is 2.34. The summed E-state index contributed by atoms with van der Waals surface area (Å²) in [4.78, 5) is 12.0. The summed E-state index contributed by atoms with van der Waals surface area (Å²) in [6, 6.07) is 4.95. The number of halogens is 5. The summed E-state index contributed by atoms with van der Waals surface area (Å²) in [5.74, 6) is -1.60. The summed E-state index contributed by atoms with van der Waals surface area (Å²) < 4.78 is 51.7. The van der Waals surface area contributed by atoms with Crippen molar-refractivity contribution in [2.24, 2.45) is 0 Å². The fourth-order valence-electron chi connectivity index (χ4n) is 1.42. The van der Waals surface area contributed by atoms with Crippen molar-refractivity contribution in [2.75, 3.05) is 5.32 Å². The van der Waals surface area contributed by atoms with Crippen molar-refractivity contribution in [2.45, 2.75) is 6.18 Å². The van der Waals surface area contributed by atoms with Gasteiger partial charge in [0.2, 0.25) is 0 Å². The first-order chi connectivity index (χ1) is 9.27. The minimum Gasteiger partial charge on any atom is -0.319 e. The predicted octanol–water partition coefficient (Wildman–Crippen LogP) is 4.92. The molecule has 0 bridgehead atoms. The Hall–Kier alpha value is -1.41. The normalized spacial score (nSPS) is 11.4. The third-order valence-corrected chi connectivity index (χ3v) is 3.96. The number of hydrogen-bond donors (Lipinski definition) is 1. The summed E-state index contributed by atoms with van der Waals surface area (Å²) in [6.07, 6.45) is -4.60. The molecular formula is C12H6BrF4NOS. The van der Waals surface area contributed by atoms with Crippen LogP contribution < -0.4 is 5.32 Å². The van der Waals surface area contributed by atoms with Gasteiger partial charge in [0, 0.05) is 0 Å². The summed E-state index contributed by atoms with van der Waals surface area (Å²) in [7, 11) is 0. The van der Waals surface area contributed by atoms with Gasteiger partial charge >= 0.3 is 6.18 Å². The number of carbonyl (C=O) groups is 1. The Kier molecular flexibility index (Phi) is 4.14. The number of nitrogens with one attached hydrogen (secondary N) is 1. The zero-order chi connectivity index (χ0) is 14.9. The number of anilines is 1. The second-order valence-electron chi connectivity index (χ2n) is 3.75. The Labute approximate surface area is 123 Å². The Bertz CT molecular complexity index is 653. The highest BCUT2D eigenvalue weighted by molar-refractivity contribution is 9.11. The van der Waals surface area contributed by atoms with Crippen LogP contribution in [0.1, 0.15) is 15.2 Å². The lowest BCUT2D eigenvalue weighted by atomic mass is 10.2. The van der Waals surface area contributed by atoms with Crippen molar-refractivity contribution in [1.29, 1.82) is 0 Å². The lowest BCUT2D eigenvalue weighted by Crippen LogP contribution is -2.13. The smallest absolute Gasteiger partial charge is 0.319 e. The molecular weight excluding hydrogens is 362 g/mol. The first kappa shape index (κ1) is 15.0. The summed E-state index contributed by atoms with van der Waals surface area (Å²) >= 11 is 4.24. The molecule has 8 heteroatoms. The van der Waals surface area contributed by atoms with Gasteiger partial charge in [0.15, 0.2) is 0 Å². The minimum atomic E-state index is -4.60. The van der Waals surface area contributed by atoms with E-state index in [0.29, 0.717) is 22.0 Å². The number of amides is 1. The van der Waals surface area contributed by atoms with Crippen LogP contribution in [0.15, 0.2) is 34.1 Å². The van der Waals surface area contributed by atoms with Crippen LogP contribution in [0.2, 0.25) is 0 Å². The molecule has 1 heterocycles. The average Bonchev–Trinajstić information content (AvgIpc) is 2.77. The molecule has 0 aliphatic carbocycles. The lowest BCUT2D eigenvalue weighted by Gasteiger charge is -2.10. The SMILES string of the molecule is O=C(Nc1cc(C(F)(F)F)ccc1F)c1ccc(Br)s1. The van der Waals surface area contributed by atoms with E-state index >= 15 is 0 Å². The van der Waals surface area contributed by atoms with Crippen LogP contribution in [-0.4, -0.2) is 5.91 Å². The Morgan fingerprint density at radius 2 is 1.90 bits per heavy atom. The number of alkyl halides is 3. The van der Waals surface area contributed by atoms with Gasteiger partial charge in [-0.3, -0.25) is 4.79 Å². The van der Waals surface area contributed by atoms with E-state index in [4.69, 9.17) is 0 Å². The van der Waals surface area contributed by atoms with E-state index < -0.39 is 29.2 Å². The predicted molar refractivity (Wildman–Crippen MR) is 71.4 cm³/mol. The van der Waals surface area contributed by atoms with Crippen LogP contribution in [0.5, 0.6) is 0 Å². The molecule has 0 radical (unpaired) electrons. The molecule has 0 saturated carbocycles. The van der Waals surface area contributed by atoms with Gasteiger partial charge < -0.3 is 5.32 Å². The van der Waals surface area contributed by atoms with Gasteiger partial charge in [0.1, 0.15) is 5.82 Å². The van der Waals surface area contributed by atoms with Crippen molar-refractivity contribution in [3.05, 3.63) is 50.4 Å². The molecule has 0 spiro atoms. The molecule has 1 N–H and O–H groups in total. The van der Waals surface area contributed by atoms with Gasteiger partial charge in [0.05, 0.1) is 19.9 Å². The van der Waals surface area contributed by atoms with Crippen molar-refractivity contribution in [3.8, 4) is 0 Å². The lowest BCUT2D eigenvalue weighted by molar-refractivity contribution is -0.137. The monoisotopic (exact) mass is 367 g/mol. The summed E-state index contributed by atoms with van der Waals surface area (Å²) in [6.45, 7) is 0. The van der Waals surface area contributed by atoms with Gasteiger partial charge in [-0.2, -0.15) is 13.2 Å². The minimum absolute atomic E-state index is 0.258. The molecule has 2 nitrogen and oxygen atoms in total. The number of thiophene rings is 1. The third kappa shape index (κ3) is 3.37. The zero-order valence-electron chi connectivity index (χ0n) is 9.59. The Morgan fingerprint density at radius 3 is 2.45 bits per heavy atom. The van der Waals surface area contributed by atoms with E-state index in [2.05, 4.69) is 21.2 Å². The van der Waals surface area contributed by atoms with E-state index in [0.717, 1.165) is 11.3 Å². The number of hydrogen-bond acceptors (Lipinski definition) is 2. The molecule has 106 valence electrons. The fraction of sp³-hybridized carbons (Fsp3) is 0.0833. The van der Waals surface area contributed by atoms with Crippen molar-refractivity contribution >= 4 is 38.9 Å². The maximum atomic E-state index is 13.5. The number of rotatable bonds is 2. The molecule has 0 atom stereocenters. The standard InChI is InChI=1S/C12H6BrF4NOS/c13-10-4-3-9(20-10)11(19)18-8-5-6(12(15,16)17)1-2-7(8)14/h1-5H,(H,18,19). The quantitative estimate of drug-likeness (QED) is 0.749. The zero-order valence-corrected chi connectivity index (χ0v) is 12.0. The highest BCUT2D eigenvalue weighted by atomic mass is 79.9. The van der Waals surface area contributed by atoms with Crippen LogP contribution in [0.25, 0.3) is 0 Å². The van der Waals surface area contributed by atoms with Crippen LogP contribution in [0.4, 0.5) is 23.2 Å². The van der Waals surface area contributed by atoms with Crippen LogP contribution >= 0.6 is 27.3 Å². The molecule has 2 aromatic rings. The largest absolute Gasteiger partial charge is 0.416 e. The number of carbonyl (C=O) groups excluding carboxylic acids is 1. The Morgan fingerprint density at radius 1 is 1.20 bits per heavy atom. The summed E-state index contributed by atoms with van der Waals surface area (Å²) in [5, 5.41) is 2.13. The summed E-state index contributed by atoms with van der Waals surface area (Å²) in [5.41, 5.74) is -1.53. The second kappa shape index (κ2) is 5.53. The molecule has 1 aromatic carbocycles. The molecule has 2 rings (SSSR count). The van der Waals surface area contributed by atoms with Gasteiger partial charge in [-0.05, 0) is 46.3 Å². The Balaban J connectivity index is 2.27. The van der Waals surface area contributed by atoms with Gasteiger partial charge in [-0.15, -0.1) is 11.3 Å². The molecule has 0 unspecified atom stereocenters. The van der Waals surface area contributed by atoms with E-state index in [1.807, 2.05) is 0 Å². The molecule has 0 aliphatic heterocycles. The maximum absolute atomic E-state index is 13.5. The first-order valence-electron chi connectivity index (χ1n) is 5.21. The van der Waals surface area contributed by atoms with Crippen LogP contribution in [0, 0.1) is 5.82 Å². The van der Waals surface area contributed by atoms with Crippen molar-refractivity contribution < 1.29 is 22.4 Å². The van der Waals surface area contributed by atoms with Gasteiger partial charge in [0.25, 0.3) is 5.91 Å². The molecule has 1 aromatic heterocycles. The van der Waals surface area contributed by atoms with E-state index in [9.17, 15) is 22.4 Å². The van der Waals surface area contributed by atoms with Crippen LogP contribution in [0.3, 0.4) is 0 Å². The molecule has 0 saturated heterocycles. The highest BCUT2D eigenvalue weighted by Gasteiger charge is 2.31. The average molecular weight is 368 g/mol. The van der Waals surface area contributed by atoms with E-state index in [1.54, 1.807) is 6.07 Å².